The van der Waals surface area contributed by atoms with Gasteiger partial charge in [0.25, 0.3) is 0 Å². The van der Waals surface area contributed by atoms with Crippen LogP contribution in [0.5, 0.6) is 0 Å². The summed E-state index contributed by atoms with van der Waals surface area (Å²) in [6.07, 6.45) is 0. The molecule has 4 heterocycles. The van der Waals surface area contributed by atoms with E-state index >= 15 is 0 Å². The standard InChI is InChI=1S/C39H22N4OS/c1-2-10-23(11-3-1)37-40-38(24-18-19-34-29(20-24)26-13-5-8-16-33(26)44-34)42-39(41-37)43-31-15-7-4-12-25(31)28-21-30-27-14-6-9-17-35(27)45-36(30)22-32(28)43/h1-22H/i4D,6D,7D,9D,12D,14D,15D,17D,21D,22D. The first-order chi connectivity index (χ1) is 26.5. The average molecular weight is 605 g/mol. The van der Waals surface area contributed by atoms with E-state index in [0.717, 1.165) is 22.1 Å². The van der Waals surface area contributed by atoms with Gasteiger partial charge in [-0.25, -0.2) is 4.98 Å². The van der Waals surface area contributed by atoms with Crippen molar-refractivity contribution in [3.63, 3.8) is 0 Å². The Morgan fingerprint density at radius 2 is 1.31 bits per heavy atom. The number of nitrogens with zero attached hydrogens (tertiary/aromatic N) is 4. The van der Waals surface area contributed by atoms with Gasteiger partial charge in [0, 0.05) is 52.8 Å². The van der Waals surface area contributed by atoms with Crippen molar-refractivity contribution >= 4 is 75.3 Å². The zero-order chi connectivity index (χ0) is 38.2. The van der Waals surface area contributed by atoms with Crippen molar-refractivity contribution in [1.82, 2.24) is 19.5 Å². The summed E-state index contributed by atoms with van der Waals surface area (Å²) in [6.45, 7) is 0. The molecule has 45 heavy (non-hydrogen) atoms. The van der Waals surface area contributed by atoms with Gasteiger partial charge in [0.15, 0.2) is 11.6 Å². The normalized spacial score (nSPS) is 15.1. The van der Waals surface area contributed by atoms with Crippen molar-refractivity contribution in [2.75, 3.05) is 0 Å². The van der Waals surface area contributed by atoms with Gasteiger partial charge < -0.3 is 4.42 Å². The van der Waals surface area contributed by atoms with E-state index in [-0.39, 0.29) is 83.7 Å². The zero-order valence-corrected chi connectivity index (χ0v) is 23.9. The molecule has 10 rings (SSSR count). The molecule has 0 radical (unpaired) electrons. The number of para-hydroxylation sites is 2. The lowest BCUT2D eigenvalue weighted by atomic mass is 10.1. The minimum Gasteiger partial charge on any atom is -0.456 e. The fraction of sp³-hybridized carbons (Fsp3) is 0. The van der Waals surface area contributed by atoms with Crippen LogP contribution in [0.15, 0.2) is 138 Å². The SMILES string of the molecule is [2H]c1c([2H])c([2H])c2c(sc3c([2H])c4c(c([2H])c32)c2c([2H])c([2H])c([2H])c([2H])c2n4-c2nc(-c3ccccc3)nc(-c3ccc4oc5ccccc5c4c3)n2)c1[2H]. The van der Waals surface area contributed by atoms with Crippen molar-refractivity contribution in [3.05, 3.63) is 133 Å². The molecule has 0 fully saturated rings. The third kappa shape index (κ3) is 3.70. The van der Waals surface area contributed by atoms with Crippen LogP contribution < -0.4 is 0 Å². The third-order valence-electron chi connectivity index (χ3n) is 7.91. The lowest BCUT2D eigenvalue weighted by molar-refractivity contribution is 0.669. The molecule has 0 aliphatic carbocycles. The molecule has 4 aromatic heterocycles. The molecule has 0 N–H and O–H groups in total. The minimum atomic E-state index is -0.540. The van der Waals surface area contributed by atoms with E-state index in [1.54, 1.807) is 0 Å². The molecule has 6 heteroatoms. The second-order valence-corrected chi connectivity index (χ2v) is 11.5. The predicted octanol–water partition coefficient (Wildman–Crippen LogP) is 10.6. The number of aromatic nitrogens is 4. The van der Waals surface area contributed by atoms with Crippen molar-refractivity contribution < 1.29 is 18.1 Å². The Kier molecular flexibility index (Phi) is 3.49. The molecular formula is C39H22N4OS. The van der Waals surface area contributed by atoms with Crippen molar-refractivity contribution in [2.45, 2.75) is 0 Å². The number of rotatable bonds is 3. The second kappa shape index (κ2) is 9.32. The molecule has 0 atom stereocenters. The molecule has 0 saturated carbocycles. The van der Waals surface area contributed by atoms with E-state index in [2.05, 4.69) is 0 Å². The summed E-state index contributed by atoms with van der Waals surface area (Å²) in [4.78, 5) is 14.6. The van der Waals surface area contributed by atoms with Gasteiger partial charge in [-0.05, 0) is 48.4 Å². The van der Waals surface area contributed by atoms with E-state index in [9.17, 15) is 2.74 Å². The molecule has 5 nitrogen and oxygen atoms in total. The van der Waals surface area contributed by atoms with E-state index in [1.807, 2.05) is 72.8 Å². The summed E-state index contributed by atoms with van der Waals surface area (Å²) in [5.41, 5.74) is 2.58. The summed E-state index contributed by atoms with van der Waals surface area (Å²) in [5.74, 6) is 0.414. The highest BCUT2D eigenvalue weighted by Gasteiger charge is 2.20. The monoisotopic (exact) mass is 604 g/mol. The maximum atomic E-state index is 9.66. The molecule has 0 aliphatic heterocycles. The van der Waals surface area contributed by atoms with Crippen LogP contribution in [0.1, 0.15) is 13.7 Å². The minimum absolute atomic E-state index is 0.00104. The fourth-order valence-corrected chi connectivity index (χ4v) is 6.84. The topological polar surface area (TPSA) is 56.7 Å². The van der Waals surface area contributed by atoms with Crippen LogP contribution in [-0.2, 0) is 0 Å². The highest BCUT2D eigenvalue weighted by Crippen LogP contribution is 2.40. The van der Waals surface area contributed by atoms with Gasteiger partial charge in [0.1, 0.15) is 11.2 Å². The summed E-state index contributed by atoms with van der Waals surface area (Å²) in [5, 5.41) is 1.85. The first-order valence-corrected chi connectivity index (χ1v) is 14.9. The highest BCUT2D eigenvalue weighted by molar-refractivity contribution is 7.25. The van der Waals surface area contributed by atoms with Crippen LogP contribution in [0.2, 0.25) is 0 Å². The van der Waals surface area contributed by atoms with Crippen LogP contribution in [0.3, 0.4) is 0 Å². The van der Waals surface area contributed by atoms with E-state index in [1.165, 1.54) is 4.57 Å². The first-order valence-electron chi connectivity index (χ1n) is 19.1. The summed E-state index contributed by atoms with van der Waals surface area (Å²) in [7, 11) is 0. The van der Waals surface area contributed by atoms with Crippen LogP contribution in [0.25, 0.3) is 92.6 Å². The largest absolute Gasteiger partial charge is 0.456 e. The summed E-state index contributed by atoms with van der Waals surface area (Å²) < 4.78 is 96.5. The molecule has 210 valence electrons. The lowest BCUT2D eigenvalue weighted by Gasteiger charge is -2.11. The maximum Gasteiger partial charge on any atom is 0.238 e. The van der Waals surface area contributed by atoms with Crippen molar-refractivity contribution in [3.8, 4) is 28.7 Å². The van der Waals surface area contributed by atoms with E-state index < -0.39 is 36.3 Å². The Hall–Kier alpha value is -5.85. The van der Waals surface area contributed by atoms with Crippen LogP contribution in [0, 0.1) is 0 Å². The molecule has 6 aromatic carbocycles. The lowest BCUT2D eigenvalue weighted by Crippen LogP contribution is -2.06. The van der Waals surface area contributed by atoms with Gasteiger partial charge in [-0.2, -0.15) is 9.97 Å². The van der Waals surface area contributed by atoms with Gasteiger partial charge >= 0.3 is 0 Å². The highest BCUT2D eigenvalue weighted by atomic mass is 32.1. The third-order valence-corrected chi connectivity index (χ3v) is 8.93. The van der Waals surface area contributed by atoms with Crippen molar-refractivity contribution in [2.24, 2.45) is 0 Å². The Morgan fingerprint density at radius 1 is 0.556 bits per heavy atom. The zero-order valence-electron chi connectivity index (χ0n) is 33.0. The second-order valence-electron chi connectivity index (χ2n) is 10.5. The Balaban J connectivity index is 1.38. The van der Waals surface area contributed by atoms with Gasteiger partial charge in [0.2, 0.25) is 5.95 Å². The van der Waals surface area contributed by atoms with Crippen LogP contribution >= 0.6 is 11.3 Å². The quantitative estimate of drug-likeness (QED) is 0.201. The van der Waals surface area contributed by atoms with Gasteiger partial charge in [-0.3, -0.25) is 4.57 Å². The van der Waals surface area contributed by atoms with Crippen molar-refractivity contribution in [1.29, 1.82) is 0 Å². The number of benzene rings is 6. The van der Waals surface area contributed by atoms with Gasteiger partial charge in [-0.1, -0.05) is 84.8 Å². The summed E-state index contributed by atoms with van der Waals surface area (Å²) >= 11 is 0.951. The molecule has 0 unspecified atom stereocenters. The Bertz CT molecular complexity index is 3340. The summed E-state index contributed by atoms with van der Waals surface area (Å²) in [6, 6.07) is 18.4. The number of furan rings is 1. The number of hydrogen-bond donors (Lipinski definition) is 0. The molecule has 0 saturated heterocycles. The maximum absolute atomic E-state index is 9.66. The number of fused-ring (bicyclic) bond motifs is 9. The fourth-order valence-electron chi connectivity index (χ4n) is 5.87. The molecule has 0 aliphatic rings. The Labute approximate surface area is 274 Å². The molecule has 0 spiro atoms. The van der Waals surface area contributed by atoms with Crippen LogP contribution in [-0.4, -0.2) is 19.5 Å². The predicted molar refractivity (Wildman–Crippen MR) is 185 cm³/mol. The van der Waals surface area contributed by atoms with Gasteiger partial charge in [-0.15, -0.1) is 11.3 Å². The average Bonchev–Trinajstić information content (AvgIpc) is 3.91. The van der Waals surface area contributed by atoms with E-state index in [0.29, 0.717) is 22.3 Å². The Morgan fingerprint density at radius 3 is 2.22 bits per heavy atom. The van der Waals surface area contributed by atoms with Crippen LogP contribution in [0.4, 0.5) is 0 Å². The molecular weight excluding hydrogens is 573 g/mol. The number of thiophene rings is 1. The first kappa shape index (κ1) is 16.9. The van der Waals surface area contributed by atoms with Gasteiger partial charge in [0.05, 0.1) is 24.7 Å². The molecule has 0 bridgehead atoms. The van der Waals surface area contributed by atoms with E-state index in [4.69, 9.17) is 30.3 Å². The molecule has 0 amide bonds. The molecule has 10 aromatic rings. The number of hydrogen-bond acceptors (Lipinski definition) is 5. The smallest absolute Gasteiger partial charge is 0.238 e.